The second-order valence-corrected chi connectivity index (χ2v) is 6.15. The first-order valence-corrected chi connectivity index (χ1v) is 7.12. The molecule has 1 heterocycles. The standard InChI is InChI=1S/C14H18BrF2N/c1-14(17,11-3-2-6-18-9-11)8-10-4-5-12(15)7-13(10)16/h4-5,7,11,18H,2-3,6,8-9H2,1H3. The van der Waals surface area contributed by atoms with Crippen LogP contribution >= 0.6 is 15.9 Å². The summed E-state index contributed by atoms with van der Waals surface area (Å²) in [4.78, 5) is 0. The van der Waals surface area contributed by atoms with Crippen molar-refractivity contribution in [3.63, 3.8) is 0 Å². The lowest BCUT2D eigenvalue weighted by Crippen LogP contribution is -2.42. The number of benzene rings is 1. The molecule has 1 fully saturated rings. The summed E-state index contributed by atoms with van der Waals surface area (Å²) in [5.41, 5.74) is -0.906. The van der Waals surface area contributed by atoms with E-state index >= 15 is 0 Å². The van der Waals surface area contributed by atoms with Gasteiger partial charge in [-0.1, -0.05) is 22.0 Å². The molecule has 1 aromatic rings. The molecule has 0 bridgehead atoms. The molecule has 1 aliphatic rings. The molecule has 2 rings (SSSR count). The number of hydrogen-bond donors (Lipinski definition) is 1. The predicted molar refractivity (Wildman–Crippen MR) is 72.9 cm³/mol. The molecular formula is C14H18BrF2N. The Morgan fingerprint density at radius 1 is 1.50 bits per heavy atom. The number of piperidine rings is 1. The van der Waals surface area contributed by atoms with Crippen LogP contribution in [0.25, 0.3) is 0 Å². The summed E-state index contributed by atoms with van der Waals surface area (Å²) < 4.78 is 29.1. The molecule has 0 spiro atoms. The molecule has 1 nitrogen and oxygen atoms in total. The number of nitrogens with one attached hydrogen (secondary N) is 1. The van der Waals surface area contributed by atoms with Gasteiger partial charge in [0.25, 0.3) is 0 Å². The SMILES string of the molecule is CC(F)(Cc1ccc(Br)cc1F)C1CCCNC1. The quantitative estimate of drug-likeness (QED) is 0.892. The summed E-state index contributed by atoms with van der Waals surface area (Å²) in [6.45, 7) is 3.23. The predicted octanol–water partition coefficient (Wildman–Crippen LogP) is 3.86. The molecule has 4 heteroatoms. The molecule has 1 aromatic carbocycles. The van der Waals surface area contributed by atoms with Crippen LogP contribution in [0, 0.1) is 11.7 Å². The zero-order valence-electron chi connectivity index (χ0n) is 10.5. The number of halogens is 3. The normalized spacial score (nSPS) is 23.7. The van der Waals surface area contributed by atoms with Gasteiger partial charge >= 0.3 is 0 Å². The van der Waals surface area contributed by atoms with E-state index in [9.17, 15) is 8.78 Å². The summed E-state index contributed by atoms with van der Waals surface area (Å²) in [6, 6.07) is 4.81. The highest BCUT2D eigenvalue weighted by atomic mass is 79.9. The van der Waals surface area contributed by atoms with E-state index in [-0.39, 0.29) is 18.2 Å². The van der Waals surface area contributed by atoms with Crippen molar-refractivity contribution in [2.45, 2.75) is 31.9 Å². The molecule has 0 amide bonds. The van der Waals surface area contributed by atoms with Crippen molar-refractivity contribution >= 4 is 15.9 Å². The Bertz CT molecular complexity index is 414. The topological polar surface area (TPSA) is 12.0 Å². The van der Waals surface area contributed by atoms with Gasteiger partial charge in [0.05, 0.1) is 0 Å². The molecule has 2 unspecified atom stereocenters. The van der Waals surface area contributed by atoms with Crippen molar-refractivity contribution < 1.29 is 8.78 Å². The van der Waals surface area contributed by atoms with E-state index in [0.717, 1.165) is 19.4 Å². The van der Waals surface area contributed by atoms with E-state index in [4.69, 9.17) is 0 Å². The highest BCUT2D eigenvalue weighted by Crippen LogP contribution is 2.32. The van der Waals surface area contributed by atoms with Crippen molar-refractivity contribution in [1.82, 2.24) is 5.32 Å². The van der Waals surface area contributed by atoms with E-state index in [1.54, 1.807) is 19.1 Å². The summed E-state index contributed by atoms with van der Waals surface area (Å²) in [7, 11) is 0. The van der Waals surface area contributed by atoms with E-state index < -0.39 is 5.67 Å². The fraction of sp³-hybridized carbons (Fsp3) is 0.571. The monoisotopic (exact) mass is 317 g/mol. The minimum atomic E-state index is -1.36. The first-order chi connectivity index (χ1) is 8.49. The highest BCUT2D eigenvalue weighted by Gasteiger charge is 2.35. The third-order valence-corrected chi connectivity index (χ3v) is 4.19. The van der Waals surface area contributed by atoms with Gasteiger partial charge in [0.15, 0.2) is 0 Å². The fourth-order valence-electron chi connectivity index (χ4n) is 2.55. The van der Waals surface area contributed by atoms with Gasteiger partial charge in [0.1, 0.15) is 11.5 Å². The molecule has 0 radical (unpaired) electrons. The number of hydrogen-bond acceptors (Lipinski definition) is 1. The molecule has 1 saturated heterocycles. The maximum absolute atomic E-state index is 14.7. The smallest absolute Gasteiger partial charge is 0.127 e. The molecular weight excluding hydrogens is 300 g/mol. The second kappa shape index (κ2) is 5.66. The summed E-state index contributed by atoms with van der Waals surface area (Å²) >= 11 is 3.21. The first-order valence-electron chi connectivity index (χ1n) is 6.32. The van der Waals surface area contributed by atoms with Crippen LogP contribution in [-0.4, -0.2) is 18.8 Å². The fourth-order valence-corrected chi connectivity index (χ4v) is 2.88. The molecule has 1 aliphatic heterocycles. The lowest BCUT2D eigenvalue weighted by atomic mass is 9.81. The Hall–Kier alpha value is -0.480. The van der Waals surface area contributed by atoms with Gasteiger partial charge < -0.3 is 5.32 Å². The van der Waals surface area contributed by atoms with Gasteiger partial charge in [-0.25, -0.2) is 8.78 Å². The Labute approximate surface area is 115 Å². The minimum absolute atomic E-state index is 0.0331. The molecule has 0 aromatic heterocycles. The van der Waals surface area contributed by atoms with Gasteiger partial charge in [-0.2, -0.15) is 0 Å². The third-order valence-electron chi connectivity index (χ3n) is 3.70. The van der Waals surface area contributed by atoms with Crippen LogP contribution in [0.3, 0.4) is 0 Å². The van der Waals surface area contributed by atoms with E-state index in [2.05, 4.69) is 21.2 Å². The lowest BCUT2D eigenvalue weighted by Gasteiger charge is -2.34. The molecule has 1 N–H and O–H groups in total. The zero-order chi connectivity index (χ0) is 13.2. The van der Waals surface area contributed by atoms with Crippen LogP contribution in [0.5, 0.6) is 0 Å². The summed E-state index contributed by atoms with van der Waals surface area (Å²) in [5, 5.41) is 3.21. The van der Waals surface area contributed by atoms with Gasteiger partial charge in [-0.05, 0) is 44.0 Å². The van der Waals surface area contributed by atoms with Gasteiger partial charge in [0, 0.05) is 23.4 Å². The first kappa shape index (κ1) is 13.9. The second-order valence-electron chi connectivity index (χ2n) is 5.23. The maximum atomic E-state index is 14.7. The Kier molecular flexibility index (Phi) is 4.38. The van der Waals surface area contributed by atoms with Crippen LogP contribution in [0.1, 0.15) is 25.3 Å². The molecule has 18 heavy (non-hydrogen) atoms. The van der Waals surface area contributed by atoms with E-state index in [0.29, 0.717) is 16.6 Å². The highest BCUT2D eigenvalue weighted by molar-refractivity contribution is 9.10. The summed E-state index contributed by atoms with van der Waals surface area (Å²) in [6.07, 6.45) is 2.00. The van der Waals surface area contributed by atoms with Gasteiger partial charge in [-0.15, -0.1) is 0 Å². The van der Waals surface area contributed by atoms with Crippen molar-refractivity contribution in [2.24, 2.45) is 5.92 Å². The van der Waals surface area contributed by atoms with Crippen molar-refractivity contribution in [1.29, 1.82) is 0 Å². The van der Waals surface area contributed by atoms with Crippen LogP contribution < -0.4 is 5.32 Å². The molecule has 100 valence electrons. The van der Waals surface area contributed by atoms with Crippen LogP contribution in [0.4, 0.5) is 8.78 Å². The van der Waals surface area contributed by atoms with E-state index in [1.807, 2.05) is 0 Å². The van der Waals surface area contributed by atoms with Crippen LogP contribution in [0.2, 0.25) is 0 Å². The number of rotatable bonds is 3. The third kappa shape index (κ3) is 3.29. The van der Waals surface area contributed by atoms with Crippen LogP contribution in [-0.2, 0) is 6.42 Å². The average Bonchev–Trinajstić information content (AvgIpc) is 2.34. The molecule has 0 aliphatic carbocycles. The Morgan fingerprint density at radius 3 is 2.89 bits per heavy atom. The molecule has 2 atom stereocenters. The number of alkyl halides is 1. The minimum Gasteiger partial charge on any atom is -0.316 e. The van der Waals surface area contributed by atoms with Crippen molar-refractivity contribution in [3.05, 3.63) is 34.1 Å². The van der Waals surface area contributed by atoms with Crippen LogP contribution in [0.15, 0.2) is 22.7 Å². The van der Waals surface area contributed by atoms with E-state index in [1.165, 1.54) is 6.07 Å². The Morgan fingerprint density at radius 2 is 2.28 bits per heavy atom. The average molecular weight is 318 g/mol. The molecule has 0 saturated carbocycles. The van der Waals surface area contributed by atoms with Gasteiger partial charge in [-0.3, -0.25) is 0 Å². The zero-order valence-corrected chi connectivity index (χ0v) is 12.1. The van der Waals surface area contributed by atoms with Gasteiger partial charge in [0.2, 0.25) is 0 Å². The van der Waals surface area contributed by atoms with Crippen molar-refractivity contribution in [2.75, 3.05) is 13.1 Å². The maximum Gasteiger partial charge on any atom is 0.127 e. The summed E-state index contributed by atoms with van der Waals surface area (Å²) in [5.74, 6) is -0.369. The van der Waals surface area contributed by atoms with Crippen molar-refractivity contribution in [3.8, 4) is 0 Å². The lowest BCUT2D eigenvalue weighted by molar-refractivity contribution is 0.0824. The Balaban J connectivity index is 2.10. The largest absolute Gasteiger partial charge is 0.316 e.